The molecule has 0 aromatic heterocycles. The van der Waals surface area contributed by atoms with Gasteiger partial charge in [-0.1, -0.05) is 11.6 Å². The van der Waals surface area contributed by atoms with Crippen molar-refractivity contribution >= 4 is 51.9 Å². The summed E-state index contributed by atoms with van der Waals surface area (Å²) in [5.74, 6) is -0.258. The number of nitrogens with zero attached hydrogens (tertiary/aromatic N) is 2. The number of carbonyl (C=O) groups is 1. The molecule has 2 aromatic carbocycles. The van der Waals surface area contributed by atoms with Crippen LogP contribution in [0.4, 0.5) is 11.4 Å². The first-order chi connectivity index (χ1) is 11.5. The first-order valence-corrected chi connectivity index (χ1v) is 8.00. The fourth-order valence-corrected chi connectivity index (χ4v) is 2.92. The molecule has 3 rings (SSSR count). The third-order valence-corrected chi connectivity index (χ3v) is 4.27. The summed E-state index contributed by atoms with van der Waals surface area (Å²) in [6, 6.07) is 12.9. The van der Waals surface area contributed by atoms with Gasteiger partial charge in [0, 0.05) is 17.2 Å². The summed E-state index contributed by atoms with van der Waals surface area (Å²) in [6.45, 7) is 0. The van der Waals surface area contributed by atoms with Gasteiger partial charge in [0.15, 0.2) is 5.17 Å². The van der Waals surface area contributed by atoms with Crippen molar-refractivity contribution in [3.8, 4) is 0 Å². The van der Waals surface area contributed by atoms with Crippen LogP contribution in [-0.4, -0.2) is 16.0 Å². The molecule has 8 heteroatoms. The largest absolute Gasteiger partial charge is 0.300 e. The smallest absolute Gasteiger partial charge is 0.269 e. The number of rotatable bonds is 3. The standard InChI is InChI=1S/C16H10ClN3O3S/c17-11-3-5-12(6-4-11)18-16-19-15(21)14(24-16)9-10-1-7-13(8-2-10)20(22)23/h1-9H,(H,18,19,21)/b14-9+. The number of halogens is 1. The molecule has 6 nitrogen and oxygen atoms in total. The summed E-state index contributed by atoms with van der Waals surface area (Å²) in [5, 5.41) is 14.4. The van der Waals surface area contributed by atoms with E-state index >= 15 is 0 Å². The average Bonchev–Trinajstić information content (AvgIpc) is 2.89. The molecule has 1 heterocycles. The Balaban J connectivity index is 1.79. The van der Waals surface area contributed by atoms with Crippen molar-refractivity contribution in [3.05, 3.63) is 74.1 Å². The molecule has 1 amide bonds. The van der Waals surface area contributed by atoms with E-state index in [1.54, 1.807) is 42.5 Å². The van der Waals surface area contributed by atoms with Crippen molar-refractivity contribution in [1.29, 1.82) is 0 Å². The van der Waals surface area contributed by atoms with Crippen LogP contribution in [-0.2, 0) is 4.79 Å². The number of aliphatic imine (C=N–C) groups is 1. The molecule has 1 fully saturated rings. The maximum Gasteiger partial charge on any atom is 0.269 e. The summed E-state index contributed by atoms with van der Waals surface area (Å²) >= 11 is 7.03. The zero-order valence-corrected chi connectivity index (χ0v) is 13.7. The van der Waals surface area contributed by atoms with Crippen molar-refractivity contribution in [2.45, 2.75) is 0 Å². The first kappa shape index (κ1) is 16.2. The molecule has 1 saturated heterocycles. The Bertz CT molecular complexity index is 861. The highest BCUT2D eigenvalue weighted by Gasteiger charge is 2.23. The summed E-state index contributed by atoms with van der Waals surface area (Å²) in [4.78, 5) is 27.0. The van der Waals surface area contributed by atoms with Gasteiger partial charge in [0.1, 0.15) is 0 Å². The van der Waals surface area contributed by atoms with E-state index in [1.165, 1.54) is 23.9 Å². The van der Waals surface area contributed by atoms with Crippen LogP contribution in [0, 0.1) is 10.1 Å². The van der Waals surface area contributed by atoms with Crippen molar-refractivity contribution in [3.63, 3.8) is 0 Å². The maximum absolute atomic E-state index is 12.0. The number of thioether (sulfide) groups is 1. The van der Waals surface area contributed by atoms with Crippen LogP contribution in [0.15, 0.2) is 58.4 Å². The van der Waals surface area contributed by atoms with Crippen molar-refractivity contribution < 1.29 is 9.72 Å². The zero-order valence-electron chi connectivity index (χ0n) is 12.1. The minimum atomic E-state index is -0.467. The number of nitrogens with one attached hydrogen (secondary N) is 1. The third kappa shape index (κ3) is 3.81. The van der Waals surface area contributed by atoms with Crippen molar-refractivity contribution in [2.24, 2.45) is 4.99 Å². The fourth-order valence-electron chi connectivity index (χ4n) is 1.96. The van der Waals surface area contributed by atoms with Gasteiger partial charge < -0.3 is 5.32 Å². The molecule has 0 atom stereocenters. The molecule has 0 aliphatic carbocycles. The normalized spacial score (nSPS) is 17.3. The van der Waals surface area contributed by atoms with Crippen LogP contribution in [0.1, 0.15) is 5.56 Å². The number of carbonyl (C=O) groups excluding carboxylic acids is 1. The van der Waals surface area contributed by atoms with E-state index in [1.807, 2.05) is 0 Å². The second-order valence-electron chi connectivity index (χ2n) is 4.81. The molecule has 1 aliphatic rings. The van der Waals surface area contributed by atoms with Crippen LogP contribution < -0.4 is 5.32 Å². The second-order valence-corrected chi connectivity index (χ2v) is 6.27. The van der Waals surface area contributed by atoms with Crippen LogP contribution in [0.3, 0.4) is 0 Å². The van der Waals surface area contributed by atoms with Gasteiger partial charge in [0.05, 0.1) is 15.5 Å². The van der Waals surface area contributed by atoms with Crippen LogP contribution in [0.2, 0.25) is 5.02 Å². The lowest BCUT2D eigenvalue weighted by atomic mass is 10.2. The Morgan fingerprint density at radius 3 is 2.42 bits per heavy atom. The van der Waals surface area contributed by atoms with Gasteiger partial charge >= 0.3 is 0 Å². The molecule has 0 saturated carbocycles. The van der Waals surface area contributed by atoms with Gasteiger partial charge in [-0.25, -0.2) is 4.99 Å². The Hall–Kier alpha value is -2.64. The number of amides is 1. The number of amidine groups is 1. The second kappa shape index (κ2) is 6.86. The lowest BCUT2D eigenvalue weighted by Crippen LogP contribution is -2.19. The Kier molecular flexibility index (Phi) is 4.64. The van der Waals surface area contributed by atoms with Gasteiger partial charge in [0.2, 0.25) is 0 Å². The molecule has 1 aliphatic heterocycles. The van der Waals surface area contributed by atoms with Crippen LogP contribution in [0.25, 0.3) is 6.08 Å². The number of non-ortho nitro benzene ring substituents is 1. The highest BCUT2D eigenvalue weighted by molar-refractivity contribution is 8.18. The van der Waals surface area contributed by atoms with Crippen molar-refractivity contribution in [1.82, 2.24) is 5.32 Å². The molecule has 24 heavy (non-hydrogen) atoms. The monoisotopic (exact) mass is 359 g/mol. The SMILES string of the molecule is O=C1NC(=Nc2ccc(Cl)cc2)S/C1=C/c1ccc([N+](=O)[O-])cc1. The molecule has 0 spiro atoms. The van der Waals surface area contributed by atoms with Gasteiger partial charge in [-0.05, 0) is 59.8 Å². The van der Waals surface area contributed by atoms with E-state index in [0.29, 0.717) is 26.3 Å². The molecule has 0 radical (unpaired) electrons. The zero-order chi connectivity index (χ0) is 17.1. The number of nitro benzene ring substituents is 1. The van der Waals surface area contributed by atoms with E-state index in [4.69, 9.17) is 11.6 Å². The summed E-state index contributed by atoms with van der Waals surface area (Å²) in [7, 11) is 0. The number of benzene rings is 2. The van der Waals surface area contributed by atoms with E-state index in [9.17, 15) is 14.9 Å². The van der Waals surface area contributed by atoms with Gasteiger partial charge in [-0.3, -0.25) is 14.9 Å². The molecule has 0 bridgehead atoms. The minimum absolute atomic E-state index is 0.00525. The number of nitro groups is 1. The molecule has 2 aromatic rings. The van der Waals surface area contributed by atoms with E-state index in [0.717, 1.165) is 0 Å². The minimum Gasteiger partial charge on any atom is -0.300 e. The average molecular weight is 360 g/mol. The first-order valence-electron chi connectivity index (χ1n) is 6.81. The molecular weight excluding hydrogens is 350 g/mol. The maximum atomic E-state index is 12.0. The molecular formula is C16H10ClN3O3S. The topological polar surface area (TPSA) is 84.6 Å². The predicted molar refractivity (Wildman–Crippen MR) is 95.4 cm³/mol. The predicted octanol–water partition coefficient (Wildman–Crippen LogP) is 4.14. The van der Waals surface area contributed by atoms with E-state index in [-0.39, 0.29) is 11.6 Å². The van der Waals surface area contributed by atoms with Crippen LogP contribution >= 0.6 is 23.4 Å². The van der Waals surface area contributed by atoms with Gasteiger partial charge in [-0.15, -0.1) is 0 Å². The third-order valence-electron chi connectivity index (χ3n) is 3.11. The van der Waals surface area contributed by atoms with E-state index in [2.05, 4.69) is 10.3 Å². The quantitative estimate of drug-likeness (QED) is 0.507. The number of hydrogen-bond acceptors (Lipinski definition) is 5. The van der Waals surface area contributed by atoms with Gasteiger partial charge in [0.25, 0.3) is 11.6 Å². The summed E-state index contributed by atoms with van der Waals surface area (Å²) in [5.41, 5.74) is 1.38. The summed E-state index contributed by atoms with van der Waals surface area (Å²) in [6.07, 6.45) is 1.66. The summed E-state index contributed by atoms with van der Waals surface area (Å²) < 4.78 is 0. The van der Waals surface area contributed by atoms with Crippen LogP contribution in [0.5, 0.6) is 0 Å². The highest BCUT2D eigenvalue weighted by atomic mass is 35.5. The van der Waals surface area contributed by atoms with Crippen molar-refractivity contribution in [2.75, 3.05) is 0 Å². The Morgan fingerprint density at radius 2 is 1.79 bits per heavy atom. The highest BCUT2D eigenvalue weighted by Crippen LogP contribution is 2.28. The fraction of sp³-hybridized carbons (Fsp3) is 0. The van der Waals surface area contributed by atoms with Gasteiger partial charge in [-0.2, -0.15) is 0 Å². The Morgan fingerprint density at radius 1 is 1.12 bits per heavy atom. The van der Waals surface area contributed by atoms with E-state index < -0.39 is 4.92 Å². The Labute approximate surface area is 146 Å². The molecule has 120 valence electrons. The molecule has 1 N–H and O–H groups in total. The molecule has 0 unspecified atom stereocenters. The number of hydrogen-bond donors (Lipinski definition) is 1. The lowest BCUT2D eigenvalue weighted by Gasteiger charge is -1.96. The lowest BCUT2D eigenvalue weighted by molar-refractivity contribution is -0.384.